The zero-order chi connectivity index (χ0) is 13.1. The standard InChI is InChI=1S/C13H15N3O2/c1-8(2)10(14)11(17)13-16-15-12(18-13)9-6-4-3-5-7-9/h3-8,10H,14H2,1-2H3/t10-/m0/s1. The van der Waals surface area contributed by atoms with Gasteiger partial charge in [0, 0.05) is 5.56 Å². The molecular weight excluding hydrogens is 230 g/mol. The molecule has 94 valence electrons. The van der Waals surface area contributed by atoms with Gasteiger partial charge in [0.1, 0.15) is 0 Å². The molecule has 2 N–H and O–H groups in total. The third-order valence-electron chi connectivity index (χ3n) is 2.68. The molecule has 2 rings (SSSR count). The van der Waals surface area contributed by atoms with Gasteiger partial charge >= 0.3 is 0 Å². The van der Waals surface area contributed by atoms with Gasteiger partial charge in [-0.1, -0.05) is 32.0 Å². The summed E-state index contributed by atoms with van der Waals surface area (Å²) in [6.45, 7) is 3.74. The van der Waals surface area contributed by atoms with Crippen molar-refractivity contribution in [3.05, 3.63) is 36.2 Å². The van der Waals surface area contributed by atoms with Crippen molar-refractivity contribution in [3.63, 3.8) is 0 Å². The molecule has 5 heteroatoms. The highest BCUT2D eigenvalue weighted by atomic mass is 16.4. The molecule has 0 saturated heterocycles. The lowest BCUT2D eigenvalue weighted by molar-refractivity contribution is 0.0906. The number of aromatic nitrogens is 2. The molecule has 1 aromatic heterocycles. The molecule has 0 saturated carbocycles. The molecule has 0 fully saturated rings. The molecule has 0 aliphatic rings. The van der Waals surface area contributed by atoms with E-state index in [1.54, 1.807) is 0 Å². The second-order valence-corrected chi connectivity index (χ2v) is 4.41. The summed E-state index contributed by atoms with van der Waals surface area (Å²) in [5.41, 5.74) is 6.54. The Labute approximate surface area is 105 Å². The smallest absolute Gasteiger partial charge is 0.285 e. The zero-order valence-electron chi connectivity index (χ0n) is 10.3. The number of carbonyl (C=O) groups excluding carboxylic acids is 1. The van der Waals surface area contributed by atoms with E-state index in [0.717, 1.165) is 5.56 Å². The average molecular weight is 245 g/mol. The molecular formula is C13H15N3O2. The van der Waals surface area contributed by atoms with Crippen LogP contribution in [0.5, 0.6) is 0 Å². The number of ketones is 1. The molecule has 1 heterocycles. The summed E-state index contributed by atoms with van der Waals surface area (Å²) >= 11 is 0. The Hall–Kier alpha value is -2.01. The van der Waals surface area contributed by atoms with Gasteiger partial charge < -0.3 is 10.2 Å². The molecule has 0 spiro atoms. The summed E-state index contributed by atoms with van der Waals surface area (Å²) in [5, 5.41) is 7.61. The van der Waals surface area contributed by atoms with Crippen molar-refractivity contribution in [2.24, 2.45) is 11.7 Å². The molecule has 0 radical (unpaired) electrons. The Morgan fingerprint density at radius 2 is 1.89 bits per heavy atom. The van der Waals surface area contributed by atoms with Crippen molar-refractivity contribution >= 4 is 5.78 Å². The van der Waals surface area contributed by atoms with Gasteiger partial charge in [0.05, 0.1) is 6.04 Å². The Morgan fingerprint density at radius 1 is 1.22 bits per heavy atom. The molecule has 1 aromatic carbocycles. The number of Topliss-reactive ketones (excluding diaryl/α,β-unsaturated/α-hetero) is 1. The fraction of sp³-hybridized carbons (Fsp3) is 0.308. The first-order valence-corrected chi connectivity index (χ1v) is 5.78. The lowest BCUT2D eigenvalue weighted by Gasteiger charge is -2.10. The summed E-state index contributed by atoms with van der Waals surface area (Å²) in [6.07, 6.45) is 0. The van der Waals surface area contributed by atoms with E-state index >= 15 is 0 Å². The monoisotopic (exact) mass is 245 g/mol. The first-order valence-electron chi connectivity index (χ1n) is 5.78. The van der Waals surface area contributed by atoms with Crippen LogP contribution in [0.4, 0.5) is 0 Å². The lowest BCUT2D eigenvalue weighted by atomic mass is 10.0. The third-order valence-corrected chi connectivity index (χ3v) is 2.68. The Balaban J connectivity index is 2.24. The fourth-order valence-electron chi connectivity index (χ4n) is 1.47. The highest BCUT2D eigenvalue weighted by molar-refractivity contribution is 5.96. The summed E-state index contributed by atoms with van der Waals surface area (Å²) in [7, 11) is 0. The number of hydrogen-bond donors (Lipinski definition) is 1. The Kier molecular flexibility index (Phi) is 3.53. The first kappa shape index (κ1) is 12.4. The van der Waals surface area contributed by atoms with Crippen LogP contribution in [0.25, 0.3) is 11.5 Å². The molecule has 2 aromatic rings. The Morgan fingerprint density at radius 3 is 2.50 bits per heavy atom. The van der Waals surface area contributed by atoms with E-state index in [9.17, 15) is 4.79 Å². The summed E-state index contributed by atoms with van der Waals surface area (Å²) in [5.74, 6) is 0.00853. The number of nitrogens with zero attached hydrogens (tertiary/aromatic N) is 2. The van der Waals surface area contributed by atoms with Crippen LogP contribution in [-0.4, -0.2) is 22.0 Å². The van der Waals surface area contributed by atoms with E-state index in [4.69, 9.17) is 10.2 Å². The van der Waals surface area contributed by atoms with E-state index < -0.39 is 6.04 Å². The van der Waals surface area contributed by atoms with Crippen LogP contribution in [0.2, 0.25) is 0 Å². The zero-order valence-corrected chi connectivity index (χ0v) is 10.3. The molecule has 5 nitrogen and oxygen atoms in total. The lowest BCUT2D eigenvalue weighted by Crippen LogP contribution is -2.35. The van der Waals surface area contributed by atoms with Crippen molar-refractivity contribution in [1.29, 1.82) is 0 Å². The SMILES string of the molecule is CC(C)[C@H](N)C(=O)c1nnc(-c2ccccc2)o1. The number of carbonyl (C=O) groups is 1. The highest BCUT2D eigenvalue weighted by Gasteiger charge is 2.24. The maximum atomic E-state index is 11.9. The first-order chi connectivity index (χ1) is 8.59. The molecule has 1 atom stereocenters. The third kappa shape index (κ3) is 2.46. The predicted octanol–water partition coefficient (Wildman–Crippen LogP) is 1.90. The normalized spacial score (nSPS) is 12.7. The van der Waals surface area contributed by atoms with Crippen molar-refractivity contribution in [3.8, 4) is 11.5 Å². The molecule has 18 heavy (non-hydrogen) atoms. The van der Waals surface area contributed by atoms with E-state index in [2.05, 4.69) is 10.2 Å². The summed E-state index contributed by atoms with van der Waals surface area (Å²) in [6, 6.07) is 8.67. The largest absolute Gasteiger partial charge is 0.414 e. The molecule has 0 bridgehead atoms. The van der Waals surface area contributed by atoms with Crippen LogP contribution in [-0.2, 0) is 0 Å². The average Bonchev–Trinajstić information content (AvgIpc) is 2.87. The van der Waals surface area contributed by atoms with Gasteiger partial charge in [-0.25, -0.2) is 0 Å². The van der Waals surface area contributed by atoms with Crippen LogP contribution in [0, 0.1) is 5.92 Å². The van der Waals surface area contributed by atoms with E-state index in [0.29, 0.717) is 5.89 Å². The van der Waals surface area contributed by atoms with Crippen LogP contribution in [0.15, 0.2) is 34.7 Å². The van der Waals surface area contributed by atoms with Gasteiger partial charge in [-0.3, -0.25) is 4.79 Å². The van der Waals surface area contributed by atoms with Gasteiger partial charge in [-0.2, -0.15) is 0 Å². The van der Waals surface area contributed by atoms with Crippen LogP contribution in [0.3, 0.4) is 0 Å². The number of nitrogens with two attached hydrogens (primary N) is 1. The maximum absolute atomic E-state index is 11.9. The number of rotatable bonds is 4. The quantitative estimate of drug-likeness (QED) is 0.832. The van der Waals surface area contributed by atoms with Crippen LogP contribution in [0.1, 0.15) is 24.5 Å². The van der Waals surface area contributed by atoms with Gasteiger partial charge in [-0.15, -0.1) is 10.2 Å². The minimum atomic E-state index is -0.617. The Bertz CT molecular complexity index is 534. The maximum Gasteiger partial charge on any atom is 0.285 e. The molecule has 0 aliphatic carbocycles. The van der Waals surface area contributed by atoms with E-state index in [-0.39, 0.29) is 17.6 Å². The molecule has 0 aliphatic heterocycles. The molecule has 0 amide bonds. The molecule has 0 unspecified atom stereocenters. The summed E-state index contributed by atoms with van der Waals surface area (Å²) in [4.78, 5) is 11.9. The predicted molar refractivity (Wildman–Crippen MR) is 66.9 cm³/mol. The van der Waals surface area contributed by atoms with Gasteiger partial charge in [0.2, 0.25) is 11.7 Å². The van der Waals surface area contributed by atoms with Gasteiger partial charge in [0.25, 0.3) is 5.89 Å². The second kappa shape index (κ2) is 5.10. The topological polar surface area (TPSA) is 82.0 Å². The number of hydrogen-bond acceptors (Lipinski definition) is 5. The van der Waals surface area contributed by atoms with Crippen LogP contribution >= 0.6 is 0 Å². The van der Waals surface area contributed by atoms with Crippen molar-refractivity contribution in [1.82, 2.24) is 10.2 Å². The second-order valence-electron chi connectivity index (χ2n) is 4.41. The fourth-order valence-corrected chi connectivity index (χ4v) is 1.47. The van der Waals surface area contributed by atoms with Crippen molar-refractivity contribution in [2.75, 3.05) is 0 Å². The van der Waals surface area contributed by atoms with Crippen molar-refractivity contribution < 1.29 is 9.21 Å². The summed E-state index contributed by atoms with van der Waals surface area (Å²) < 4.78 is 5.35. The van der Waals surface area contributed by atoms with Gasteiger partial charge in [-0.05, 0) is 18.1 Å². The number of benzene rings is 1. The minimum Gasteiger partial charge on any atom is -0.414 e. The minimum absolute atomic E-state index is 0.0320. The van der Waals surface area contributed by atoms with E-state index in [1.807, 2.05) is 44.2 Å². The van der Waals surface area contributed by atoms with Crippen molar-refractivity contribution in [2.45, 2.75) is 19.9 Å². The highest BCUT2D eigenvalue weighted by Crippen LogP contribution is 2.18. The van der Waals surface area contributed by atoms with E-state index in [1.165, 1.54) is 0 Å². The van der Waals surface area contributed by atoms with Gasteiger partial charge in [0.15, 0.2) is 0 Å². The van der Waals surface area contributed by atoms with Crippen LogP contribution < -0.4 is 5.73 Å².